The molecule has 0 radical (unpaired) electrons. The molecule has 2 aliphatic rings. The van der Waals surface area contributed by atoms with Crippen LogP contribution in [0.25, 0.3) is 0 Å². The highest BCUT2D eigenvalue weighted by atomic mass is 16.1. The van der Waals surface area contributed by atoms with Gasteiger partial charge in [0.1, 0.15) is 0 Å². The Hall–Kier alpha value is -1.51. The minimum atomic E-state index is -0.354. The van der Waals surface area contributed by atoms with Crippen LogP contribution in [0.5, 0.6) is 0 Å². The SMILES string of the molecule is Cc1cc(C(N)=O)ccc1NC1CCC2CCCCC2C1. The summed E-state index contributed by atoms with van der Waals surface area (Å²) >= 11 is 0. The molecule has 0 aromatic heterocycles. The molecule has 1 aromatic carbocycles. The molecule has 0 spiro atoms. The molecule has 3 rings (SSSR count). The monoisotopic (exact) mass is 286 g/mol. The molecule has 2 aliphatic carbocycles. The van der Waals surface area contributed by atoms with Gasteiger partial charge in [0, 0.05) is 17.3 Å². The number of carbonyl (C=O) groups excluding carboxylic acids is 1. The molecule has 3 unspecified atom stereocenters. The molecule has 21 heavy (non-hydrogen) atoms. The van der Waals surface area contributed by atoms with Gasteiger partial charge in [-0.1, -0.05) is 25.7 Å². The first kappa shape index (κ1) is 14.4. The van der Waals surface area contributed by atoms with E-state index in [9.17, 15) is 4.79 Å². The van der Waals surface area contributed by atoms with E-state index in [2.05, 4.69) is 5.32 Å². The Labute approximate surface area is 127 Å². The fourth-order valence-electron chi connectivity index (χ4n) is 4.20. The van der Waals surface area contributed by atoms with Crippen molar-refractivity contribution in [2.24, 2.45) is 17.6 Å². The molecule has 2 saturated carbocycles. The number of amides is 1. The van der Waals surface area contributed by atoms with Gasteiger partial charge in [-0.2, -0.15) is 0 Å². The standard InChI is InChI=1S/C18H26N2O/c1-12-10-15(18(19)21)7-9-17(12)20-16-8-6-13-4-2-3-5-14(13)11-16/h7,9-10,13-14,16,20H,2-6,8,11H2,1H3,(H2,19,21). The van der Waals surface area contributed by atoms with Gasteiger partial charge in [0.2, 0.25) is 5.91 Å². The highest BCUT2D eigenvalue weighted by molar-refractivity contribution is 5.93. The van der Waals surface area contributed by atoms with E-state index in [1.165, 1.54) is 44.9 Å². The van der Waals surface area contributed by atoms with Crippen molar-refractivity contribution in [1.29, 1.82) is 0 Å². The Balaban J connectivity index is 1.65. The summed E-state index contributed by atoms with van der Waals surface area (Å²) in [4.78, 5) is 11.2. The van der Waals surface area contributed by atoms with E-state index in [4.69, 9.17) is 5.73 Å². The lowest BCUT2D eigenvalue weighted by Crippen LogP contribution is -2.34. The van der Waals surface area contributed by atoms with Crippen LogP contribution in [-0.4, -0.2) is 11.9 Å². The van der Waals surface area contributed by atoms with E-state index in [1.54, 1.807) is 0 Å². The molecule has 3 nitrogen and oxygen atoms in total. The third-order valence-corrected chi connectivity index (χ3v) is 5.41. The van der Waals surface area contributed by atoms with Gasteiger partial charge in [-0.05, 0) is 61.8 Å². The zero-order chi connectivity index (χ0) is 14.8. The summed E-state index contributed by atoms with van der Waals surface area (Å²) in [6.45, 7) is 2.04. The van der Waals surface area contributed by atoms with Crippen LogP contribution in [0.15, 0.2) is 18.2 Å². The molecular formula is C18H26N2O. The van der Waals surface area contributed by atoms with Gasteiger partial charge in [-0.3, -0.25) is 4.79 Å². The highest BCUT2D eigenvalue weighted by Gasteiger charge is 2.32. The number of benzene rings is 1. The Bertz CT molecular complexity index is 526. The second-order valence-electron chi connectivity index (χ2n) is 6.85. The number of hydrogen-bond acceptors (Lipinski definition) is 2. The van der Waals surface area contributed by atoms with Crippen molar-refractivity contribution in [1.82, 2.24) is 0 Å². The fourth-order valence-corrected chi connectivity index (χ4v) is 4.20. The molecule has 3 heteroatoms. The molecule has 0 bridgehead atoms. The van der Waals surface area contributed by atoms with Crippen LogP contribution in [0.4, 0.5) is 5.69 Å². The second-order valence-corrected chi connectivity index (χ2v) is 6.85. The fraction of sp³-hybridized carbons (Fsp3) is 0.611. The first-order valence-electron chi connectivity index (χ1n) is 8.30. The summed E-state index contributed by atoms with van der Waals surface area (Å²) in [6, 6.07) is 6.30. The van der Waals surface area contributed by atoms with Crippen molar-refractivity contribution in [2.75, 3.05) is 5.32 Å². The third kappa shape index (κ3) is 3.22. The first-order chi connectivity index (χ1) is 10.1. The maximum atomic E-state index is 11.2. The largest absolute Gasteiger partial charge is 0.382 e. The summed E-state index contributed by atoms with van der Waals surface area (Å²) in [5.41, 5.74) is 8.18. The summed E-state index contributed by atoms with van der Waals surface area (Å²) in [6.07, 6.45) is 9.68. The molecule has 3 N–H and O–H groups in total. The number of hydrogen-bond donors (Lipinski definition) is 2. The molecule has 0 aliphatic heterocycles. The van der Waals surface area contributed by atoms with Gasteiger partial charge < -0.3 is 11.1 Å². The summed E-state index contributed by atoms with van der Waals surface area (Å²) < 4.78 is 0. The van der Waals surface area contributed by atoms with E-state index in [-0.39, 0.29) is 5.91 Å². The van der Waals surface area contributed by atoms with Crippen molar-refractivity contribution in [3.63, 3.8) is 0 Å². The number of nitrogens with one attached hydrogen (secondary N) is 1. The van der Waals surface area contributed by atoms with Crippen LogP contribution < -0.4 is 11.1 Å². The molecule has 114 valence electrons. The lowest BCUT2D eigenvalue weighted by molar-refractivity contribution is 0.1000. The average Bonchev–Trinajstić information content (AvgIpc) is 2.49. The Morgan fingerprint density at radius 2 is 1.90 bits per heavy atom. The molecular weight excluding hydrogens is 260 g/mol. The van der Waals surface area contributed by atoms with Crippen molar-refractivity contribution in [2.45, 2.75) is 57.9 Å². The number of rotatable bonds is 3. The zero-order valence-corrected chi connectivity index (χ0v) is 12.9. The third-order valence-electron chi connectivity index (χ3n) is 5.41. The predicted molar refractivity (Wildman–Crippen MR) is 86.4 cm³/mol. The van der Waals surface area contributed by atoms with E-state index in [0.29, 0.717) is 11.6 Å². The maximum absolute atomic E-state index is 11.2. The number of fused-ring (bicyclic) bond motifs is 1. The zero-order valence-electron chi connectivity index (χ0n) is 12.9. The predicted octanol–water partition coefficient (Wildman–Crippen LogP) is 3.86. The lowest BCUT2D eigenvalue weighted by Gasteiger charge is -2.40. The Morgan fingerprint density at radius 3 is 2.62 bits per heavy atom. The normalized spacial score (nSPS) is 28.7. The van der Waals surface area contributed by atoms with Crippen molar-refractivity contribution in [3.8, 4) is 0 Å². The molecule has 0 heterocycles. The number of primary amides is 1. The molecule has 0 saturated heterocycles. The van der Waals surface area contributed by atoms with Crippen LogP contribution in [-0.2, 0) is 0 Å². The minimum Gasteiger partial charge on any atom is -0.382 e. The number of carbonyl (C=O) groups is 1. The van der Waals surface area contributed by atoms with Gasteiger partial charge in [0.15, 0.2) is 0 Å². The van der Waals surface area contributed by atoms with Crippen molar-refractivity contribution >= 4 is 11.6 Å². The number of nitrogens with two attached hydrogens (primary N) is 1. The van der Waals surface area contributed by atoms with Crippen LogP contribution in [0.3, 0.4) is 0 Å². The smallest absolute Gasteiger partial charge is 0.248 e. The van der Waals surface area contributed by atoms with Crippen LogP contribution >= 0.6 is 0 Å². The van der Waals surface area contributed by atoms with Crippen molar-refractivity contribution in [3.05, 3.63) is 29.3 Å². The van der Waals surface area contributed by atoms with Crippen LogP contribution in [0, 0.1) is 18.8 Å². The molecule has 2 fully saturated rings. The van der Waals surface area contributed by atoms with E-state index in [0.717, 1.165) is 23.1 Å². The van der Waals surface area contributed by atoms with Gasteiger partial charge in [-0.15, -0.1) is 0 Å². The van der Waals surface area contributed by atoms with E-state index >= 15 is 0 Å². The quantitative estimate of drug-likeness (QED) is 0.886. The molecule has 3 atom stereocenters. The van der Waals surface area contributed by atoms with E-state index in [1.807, 2.05) is 25.1 Å². The summed E-state index contributed by atoms with van der Waals surface area (Å²) in [5, 5.41) is 3.70. The first-order valence-corrected chi connectivity index (χ1v) is 8.30. The van der Waals surface area contributed by atoms with Gasteiger partial charge in [0.05, 0.1) is 0 Å². The van der Waals surface area contributed by atoms with Crippen molar-refractivity contribution < 1.29 is 4.79 Å². The average molecular weight is 286 g/mol. The number of anilines is 1. The number of aryl methyl sites for hydroxylation is 1. The maximum Gasteiger partial charge on any atom is 0.248 e. The minimum absolute atomic E-state index is 0.354. The molecule has 1 amide bonds. The highest BCUT2D eigenvalue weighted by Crippen LogP contribution is 2.41. The van der Waals surface area contributed by atoms with Crippen LogP contribution in [0.1, 0.15) is 60.9 Å². The molecule has 1 aromatic rings. The second kappa shape index (κ2) is 6.08. The van der Waals surface area contributed by atoms with E-state index < -0.39 is 0 Å². The summed E-state index contributed by atoms with van der Waals surface area (Å²) in [5.74, 6) is 1.55. The Kier molecular flexibility index (Phi) is 4.18. The topological polar surface area (TPSA) is 55.1 Å². The van der Waals surface area contributed by atoms with Gasteiger partial charge in [-0.25, -0.2) is 0 Å². The Morgan fingerprint density at radius 1 is 1.14 bits per heavy atom. The van der Waals surface area contributed by atoms with Gasteiger partial charge in [0.25, 0.3) is 0 Å². The van der Waals surface area contributed by atoms with Crippen LogP contribution in [0.2, 0.25) is 0 Å². The lowest BCUT2D eigenvalue weighted by atomic mass is 9.69. The summed E-state index contributed by atoms with van der Waals surface area (Å²) in [7, 11) is 0. The van der Waals surface area contributed by atoms with Gasteiger partial charge >= 0.3 is 0 Å².